The molecule has 2 nitrogen and oxygen atoms in total. The zero-order chi connectivity index (χ0) is 11.0. The molecule has 0 spiro atoms. The summed E-state index contributed by atoms with van der Waals surface area (Å²) in [6.45, 7) is 1.57. The van der Waals surface area contributed by atoms with Gasteiger partial charge in [-0.2, -0.15) is 24.9 Å². The van der Waals surface area contributed by atoms with Crippen LogP contribution in [-0.4, -0.2) is 30.3 Å². The summed E-state index contributed by atoms with van der Waals surface area (Å²) in [5, 5.41) is 0. The van der Waals surface area contributed by atoms with Crippen LogP contribution in [0.5, 0.6) is 0 Å². The molecule has 0 heterocycles. The van der Waals surface area contributed by atoms with Crippen molar-refractivity contribution in [1.29, 1.82) is 0 Å². The Labute approximate surface area is 85.2 Å². The molecule has 0 unspecified atom stereocenters. The lowest BCUT2D eigenvalue weighted by atomic mass is 10.3. The van der Waals surface area contributed by atoms with Gasteiger partial charge in [-0.3, -0.25) is 4.79 Å². The van der Waals surface area contributed by atoms with E-state index in [-0.39, 0.29) is 19.0 Å². The van der Waals surface area contributed by atoms with E-state index in [2.05, 4.69) is 4.74 Å². The van der Waals surface area contributed by atoms with Crippen LogP contribution in [-0.2, 0) is 9.53 Å². The van der Waals surface area contributed by atoms with Crippen LogP contribution in [0, 0.1) is 0 Å². The van der Waals surface area contributed by atoms with Crippen molar-refractivity contribution in [2.75, 3.05) is 18.1 Å². The fourth-order valence-corrected chi connectivity index (χ4v) is 1.47. The highest BCUT2D eigenvalue weighted by atomic mass is 32.2. The van der Waals surface area contributed by atoms with E-state index in [4.69, 9.17) is 0 Å². The van der Waals surface area contributed by atoms with E-state index in [1.165, 1.54) is 18.7 Å². The molecule has 0 atom stereocenters. The standard InChI is InChI=1S/C8H13F3O2S/c1-7(12)13-4-6-14-5-2-3-8(9,10)11/h2-6H2,1H3. The summed E-state index contributed by atoms with van der Waals surface area (Å²) in [4.78, 5) is 10.3. The van der Waals surface area contributed by atoms with Gasteiger partial charge in [-0.05, 0) is 12.2 Å². The van der Waals surface area contributed by atoms with Crippen molar-refractivity contribution < 1.29 is 22.7 Å². The van der Waals surface area contributed by atoms with Crippen LogP contribution in [0.2, 0.25) is 0 Å². The van der Waals surface area contributed by atoms with Gasteiger partial charge in [0.1, 0.15) is 6.61 Å². The Morgan fingerprint density at radius 3 is 2.50 bits per heavy atom. The molecule has 14 heavy (non-hydrogen) atoms. The molecule has 0 fully saturated rings. The summed E-state index contributed by atoms with van der Waals surface area (Å²) in [5.74, 6) is 0.638. The molecule has 0 amide bonds. The van der Waals surface area contributed by atoms with Crippen molar-refractivity contribution in [2.45, 2.75) is 25.9 Å². The van der Waals surface area contributed by atoms with E-state index >= 15 is 0 Å². The Bertz CT molecular complexity index is 170. The molecule has 0 radical (unpaired) electrons. The zero-order valence-corrected chi connectivity index (χ0v) is 8.71. The Hall–Kier alpha value is -0.390. The summed E-state index contributed by atoms with van der Waals surface area (Å²) < 4.78 is 39.6. The molecule has 84 valence electrons. The van der Waals surface area contributed by atoms with Gasteiger partial charge in [0.25, 0.3) is 0 Å². The molecular formula is C8H13F3O2S. The van der Waals surface area contributed by atoms with Crippen molar-refractivity contribution in [1.82, 2.24) is 0 Å². The van der Waals surface area contributed by atoms with Crippen molar-refractivity contribution in [2.24, 2.45) is 0 Å². The quantitative estimate of drug-likeness (QED) is 0.518. The predicted octanol–water partition coefficient (Wildman–Crippen LogP) is 2.63. The minimum Gasteiger partial charge on any atom is -0.465 e. The molecule has 0 aromatic carbocycles. The van der Waals surface area contributed by atoms with Crippen molar-refractivity contribution in [3.05, 3.63) is 0 Å². The maximum absolute atomic E-state index is 11.7. The van der Waals surface area contributed by atoms with Crippen molar-refractivity contribution in [3.8, 4) is 0 Å². The van der Waals surface area contributed by atoms with Gasteiger partial charge in [0, 0.05) is 19.1 Å². The maximum atomic E-state index is 11.7. The minimum absolute atomic E-state index is 0.119. The van der Waals surface area contributed by atoms with Gasteiger partial charge in [-0.15, -0.1) is 0 Å². The first-order valence-electron chi connectivity index (χ1n) is 4.19. The molecule has 0 saturated carbocycles. The molecule has 0 aromatic rings. The minimum atomic E-state index is -4.06. The normalized spacial score (nSPS) is 11.4. The van der Waals surface area contributed by atoms with Gasteiger partial charge < -0.3 is 4.74 Å². The van der Waals surface area contributed by atoms with Crippen LogP contribution in [0.25, 0.3) is 0 Å². The largest absolute Gasteiger partial charge is 0.465 e. The average molecular weight is 230 g/mol. The van der Waals surface area contributed by atoms with Crippen LogP contribution in [0.3, 0.4) is 0 Å². The number of halogens is 3. The molecule has 0 aliphatic rings. The first kappa shape index (κ1) is 13.6. The molecule has 0 aliphatic heterocycles. The van der Waals surface area contributed by atoms with E-state index in [0.717, 1.165) is 0 Å². The van der Waals surface area contributed by atoms with Gasteiger partial charge in [0.05, 0.1) is 0 Å². The van der Waals surface area contributed by atoms with Gasteiger partial charge in [0.15, 0.2) is 0 Å². The lowest BCUT2D eigenvalue weighted by Crippen LogP contribution is -2.07. The summed E-state index contributed by atoms with van der Waals surface area (Å²) >= 11 is 1.36. The molecule has 0 aliphatic carbocycles. The number of hydrogen-bond donors (Lipinski definition) is 0. The van der Waals surface area contributed by atoms with Crippen LogP contribution in [0.4, 0.5) is 13.2 Å². The summed E-state index contributed by atoms with van der Waals surface area (Å²) in [6, 6.07) is 0. The highest BCUT2D eigenvalue weighted by Crippen LogP contribution is 2.22. The predicted molar refractivity (Wildman–Crippen MR) is 49.2 cm³/mol. The zero-order valence-electron chi connectivity index (χ0n) is 7.89. The molecule has 0 N–H and O–H groups in total. The van der Waals surface area contributed by atoms with E-state index in [1.54, 1.807) is 0 Å². The highest BCUT2D eigenvalue weighted by Gasteiger charge is 2.25. The van der Waals surface area contributed by atoms with Crippen LogP contribution < -0.4 is 0 Å². The fourth-order valence-electron chi connectivity index (χ4n) is 0.721. The number of hydrogen-bond acceptors (Lipinski definition) is 3. The Balaban J connectivity index is 3.11. The number of alkyl halides is 3. The topological polar surface area (TPSA) is 26.3 Å². The van der Waals surface area contributed by atoms with Crippen molar-refractivity contribution in [3.63, 3.8) is 0 Å². The second-order valence-corrected chi connectivity index (χ2v) is 3.90. The number of ether oxygens (including phenoxy) is 1. The molecule has 0 rings (SSSR count). The smallest absolute Gasteiger partial charge is 0.389 e. The number of rotatable bonds is 6. The molecular weight excluding hydrogens is 217 g/mol. The van der Waals surface area contributed by atoms with Gasteiger partial charge in [-0.1, -0.05) is 0 Å². The first-order chi connectivity index (χ1) is 6.42. The lowest BCUT2D eigenvalue weighted by Gasteiger charge is -2.05. The third-order valence-corrected chi connectivity index (χ3v) is 2.31. The average Bonchev–Trinajstić information content (AvgIpc) is 2.00. The SMILES string of the molecule is CC(=O)OCCSCCCC(F)(F)F. The summed E-state index contributed by atoms with van der Waals surface area (Å²) in [5.41, 5.74) is 0. The van der Waals surface area contributed by atoms with E-state index in [9.17, 15) is 18.0 Å². The van der Waals surface area contributed by atoms with Crippen molar-refractivity contribution >= 4 is 17.7 Å². The third kappa shape index (κ3) is 11.6. The van der Waals surface area contributed by atoms with Gasteiger partial charge in [0.2, 0.25) is 0 Å². The summed E-state index contributed by atoms with van der Waals surface area (Å²) in [6.07, 6.45) is -4.68. The number of thioether (sulfide) groups is 1. The monoisotopic (exact) mass is 230 g/mol. The van der Waals surface area contributed by atoms with E-state index < -0.39 is 12.6 Å². The summed E-state index contributed by atoms with van der Waals surface area (Å²) in [7, 11) is 0. The first-order valence-corrected chi connectivity index (χ1v) is 5.35. The van der Waals surface area contributed by atoms with Gasteiger partial charge >= 0.3 is 12.1 Å². The van der Waals surface area contributed by atoms with Crippen LogP contribution in [0.1, 0.15) is 19.8 Å². The molecule has 6 heteroatoms. The highest BCUT2D eigenvalue weighted by molar-refractivity contribution is 7.99. The Kier molecular flexibility index (Phi) is 6.78. The second-order valence-electron chi connectivity index (χ2n) is 2.67. The van der Waals surface area contributed by atoms with Gasteiger partial charge in [-0.25, -0.2) is 0 Å². The van der Waals surface area contributed by atoms with E-state index in [0.29, 0.717) is 11.5 Å². The van der Waals surface area contributed by atoms with E-state index in [1.807, 2.05) is 0 Å². The second kappa shape index (κ2) is 6.98. The van der Waals surface area contributed by atoms with Crippen LogP contribution in [0.15, 0.2) is 0 Å². The number of carbonyl (C=O) groups is 1. The van der Waals surface area contributed by atoms with Crippen LogP contribution >= 0.6 is 11.8 Å². The Morgan fingerprint density at radius 1 is 1.36 bits per heavy atom. The molecule has 0 saturated heterocycles. The maximum Gasteiger partial charge on any atom is 0.389 e. The number of carbonyl (C=O) groups excluding carboxylic acids is 1. The fraction of sp³-hybridized carbons (Fsp3) is 0.875. The lowest BCUT2D eigenvalue weighted by molar-refractivity contribution is -0.140. The Morgan fingerprint density at radius 2 is 2.00 bits per heavy atom. The molecule has 0 aromatic heterocycles. The molecule has 0 bridgehead atoms. The third-order valence-electron chi connectivity index (χ3n) is 1.28. The number of esters is 1.